The molecule has 0 spiro atoms. The number of aromatic nitrogens is 3. The number of halogens is 2. The molecule has 1 amide bonds. The maximum atomic E-state index is 13.1. The molecule has 0 radical (unpaired) electrons. The highest BCUT2D eigenvalue weighted by Crippen LogP contribution is 2.25. The second kappa shape index (κ2) is 5.67. The predicted octanol–water partition coefficient (Wildman–Crippen LogP) is 0.618. The molecule has 21 heavy (non-hydrogen) atoms. The molecule has 0 aliphatic carbocycles. The normalized spacial score (nSPS) is 24.4. The van der Waals surface area contributed by atoms with Gasteiger partial charge >= 0.3 is 0 Å². The Balaban J connectivity index is 1.58. The number of rotatable bonds is 3. The van der Waals surface area contributed by atoms with E-state index < -0.39 is 30.8 Å². The predicted molar refractivity (Wildman–Crippen MR) is 70.8 cm³/mol. The molecule has 1 unspecified atom stereocenters. The minimum absolute atomic E-state index is 0.232. The van der Waals surface area contributed by atoms with Crippen molar-refractivity contribution in [3.63, 3.8) is 0 Å². The summed E-state index contributed by atoms with van der Waals surface area (Å²) in [5.74, 6) is -1.56. The lowest BCUT2D eigenvalue weighted by Gasteiger charge is -2.12. The zero-order valence-corrected chi connectivity index (χ0v) is 11.7. The van der Waals surface area contributed by atoms with Crippen molar-refractivity contribution in [3.8, 4) is 0 Å². The summed E-state index contributed by atoms with van der Waals surface area (Å²) >= 11 is 0. The standard InChI is InChI=1S/C13H19F2N5O/c14-13(15)6-9(17-8-13)12(21)16-7-11-19-18-10-4-2-1-3-5-20(10)11/h9,17H,1-8H2,(H,16,21). The fourth-order valence-electron chi connectivity index (χ4n) is 2.87. The largest absolute Gasteiger partial charge is 0.347 e. The molecule has 116 valence electrons. The van der Waals surface area contributed by atoms with Crippen molar-refractivity contribution < 1.29 is 13.6 Å². The van der Waals surface area contributed by atoms with E-state index in [1.54, 1.807) is 0 Å². The summed E-state index contributed by atoms with van der Waals surface area (Å²) in [7, 11) is 0. The van der Waals surface area contributed by atoms with Gasteiger partial charge in [-0.1, -0.05) is 6.42 Å². The van der Waals surface area contributed by atoms with Crippen LogP contribution >= 0.6 is 0 Å². The van der Waals surface area contributed by atoms with Gasteiger partial charge in [-0.05, 0) is 12.8 Å². The molecule has 2 N–H and O–H groups in total. The molecular weight excluding hydrogens is 280 g/mol. The Morgan fingerprint density at radius 2 is 2.24 bits per heavy atom. The van der Waals surface area contributed by atoms with Crippen LogP contribution in [0.5, 0.6) is 0 Å². The van der Waals surface area contributed by atoms with E-state index in [0.717, 1.165) is 38.1 Å². The number of carbonyl (C=O) groups is 1. The van der Waals surface area contributed by atoms with Gasteiger partial charge in [-0.2, -0.15) is 0 Å². The average molecular weight is 299 g/mol. The molecule has 0 aromatic carbocycles. The van der Waals surface area contributed by atoms with E-state index in [9.17, 15) is 13.6 Å². The zero-order chi connectivity index (χ0) is 14.9. The van der Waals surface area contributed by atoms with E-state index in [-0.39, 0.29) is 6.54 Å². The van der Waals surface area contributed by atoms with Crippen LogP contribution in [0.1, 0.15) is 37.3 Å². The summed E-state index contributed by atoms with van der Waals surface area (Å²) in [5.41, 5.74) is 0. The lowest BCUT2D eigenvalue weighted by molar-refractivity contribution is -0.123. The second-order valence-electron chi connectivity index (χ2n) is 5.71. The highest BCUT2D eigenvalue weighted by molar-refractivity contribution is 5.82. The Hall–Kier alpha value is -1.57. The van der Waals surface area contributed by atoms with Crippen LogP contribution in [-0.4, -0.2) is 39.2 Å². The molecule has 2 aliphatic rings. The van der Waals surface area contributed by atoms with Crippen molar-refractivity contribution in [1.29, 1.82) is 0 Å². The Morgan fingerprint density at radius 1 is 1.38 bits per heavy atom. The average Bonchev–Trinajstić information content (AvgIpc) is 2.91. The number of carbonyl (C=O) groups excluding carboxylic acids is 1. The summed E-state index contributed by atoms with van der Waals surface area (Å²) in [6.45, 7) is 0.647. The summed E-state index contributed by atoms with van der Waals surface area (Å²) in [4.78, 5) is 11.9. The van der Waals surface area contributed by atoms with E-state index in [1.165, 1.54) is 0 Å². The first-order chi connectivity index (χ1) is 10.1. The molecule has 3 rings (SSSR count). The number of fused-ring (bicyclic) bond motifs is 1. The van der Waals surface area contributed by atoms with Crippen molar-refractivity contribution in [2.75, 3.05) is 6.54 Å². The van der Waals surface area contributed by atoms with Crippen molar-refractivity contribution in [1.82, 2.24) is 25.4 Å². The maximum Gasteiger partial charge on any atom is 0.262 e. The third kappa shape index (κ3) is 3.20. The van der Waals surface area contributed by atoms with Crippen LogP contribution in [0.2, 0.25) is 0 Å². The first-order valence-electron chi connectivity index (χ1n) is 7.35. The minimum Gasteiger partial charge on any atom is -0.347 e. The Kier molecular flexibility index (Phi) is 3.88. The van der Waals surface area contributed by atoms with Gasteiger partial charge in [-0.3, -0.25) is 10.1 Å². The second-order valence-corrected chi connectivity index (χ2v) is 5.71. The number of aryl methyl sites for hydroxylation is 1. The molecule has 0 saturated carbocycles. The molecular formula is C13H19F2N5O. The molecule has 1 saturated heterocycles. The van der Waals surface area contributed by atoms with Crippen molar-refractivity contribution in [3.05, 3.63) is 11.6 Å². The van der Waals surface area contributed by atoms with Crippen LogP contribution in [0.3, 0.4) is 0 Å². The van der Waals surface area contributed by atoms with Crippen LogP contribution in [0.25, 0.3) is 0 Å². The fraction of sp³-hybridized carbons (Fsp3) is 0.769. The first-order valence-corrected chi connectivity index (χ1v) is 7.35. The van der Waals surface area contributed by atoms with Crippen LogP contribution in [-0.2, 0) is 24.3 Å². The van der Waals surface area contributed by atoms with Crippen molar-refractivity contribution >= 4 is 5.91 Å². The third-order valence-corrected chi connectivity index (χ3v) is 4.03. The molecule has 3 heterocycles. The number of nitrogens with one attached hydrogen (secondary N) is 2. The summed E-state index contributed by atoms with van der Waals surface area (Å²) in [6.07, 6.45) is 3.79. The van der Waals surface area contributed by atoms with Gasteiger partial charge in [0.05, 0.1) is 19.1 Å². The molecule has 8 heteroatoms. The number of alkyl halides is 2. The Morgan fingerprint density at radius 3 is 3.00 bits per heavy atom. The van der Waals surface area contributed by atoms with Crippen LogP contribution in [0.15, 0.2) is 0 Å². The van der Waals surface area contributed by atoms with Gasteiger partial charge < -0.3 is 9.88 Å². The summed E-state index contributed by atoms with van der Waals surface area (Å²) in [5, 5.41) is 13.5. The maximum absolute atomic E-state index is 13.1. The Labute approximate surface area is 121 Å². The highest BCUT2D eigenvalue weighted by atomic mass is 19.3. The van der Waals surface area contributed by atoms with Crippen LogP contribution in [0.4, 0.5) is 8.78 Å². The summed E-state index contributed by atoms with van der Waals surface area (Å²) in [6, 6.07) is -0.827. The monoisotopic (exact) mass is 299 g/mol. The number of hydrogen-bond acceptors (Lipinski definition) is 4. The molecule has 0 bridgehead atoms. The molecule has 1 aromatic rings. The molecule has 6 nitrogen and oxygen atoms in total. The van der Waals surface area contributed by atoms with Crippen molar-refractivity contribution in [2.45, 2.75) is 57.2 Å². The van der Waals surface area contributed by atoms with E-state index in [0.29, 0.717) is 5.82 Å². The van der Waals surface area contributed by atoms with Crippen LogP contribution < -0.4 is 10.6 Å². The molecule has 1 atom stereocenters. The van der Waals surface area contributed by atoms with Gasteiger partial charge in [-0.15, -0.1) is 10.2 Å². The molecule has 1 aromatic heterocycles. The third-order valence-electron chi connectivity index (χ3n) is 4.03. The number of hydrogen-bond donors (Lipinski definition) is 2. The minimum atomic E-state index is -2.80. The SMILES string of the molecule is O=C(NCc1nnc2n1CCCCC2)C1CC(F)(F)CN1. The molecule has 2 aliphatic heterocycles. The number of nitrogens with zero attached hydrogens (tertiary/aromatic N) is 3. The molecule has 1 fully saturated rings. The van der Waals surface area contributed by atoms with Gasteiger partial charge in [-0.25, -0.2) is 8.78 Å². The van der Waals surface area contributed by atoms with Gasteiger partial charge in [0.1, 0.15) is 5.82 Å². The van der Waals surface area contributed by atoms with Crippen LogP contribution in [0, 0.1) is 0 Å². The lowest BCUT2D eigenvalue weighted by atomic mass is 10.2. The van der Waals surface area contributed by atoms with E-state index >= 15 is 0 Å². The van der Waals surface area contributed by atoms with E-state index in [1.807, 2.05) is 4.57 Å². The number of amides is 1. The Bertz CT molecular complexity index is 531. The van der Waals surface area contributed by atoms with Gasteiger partial charge in [0.25, 0.3) is 5.92 Å². The van der Waals surface area contributed by atoms with Gasteiger partial charge in [0.2, 0.25) is 5.91 Å². The van der Waals surface area contributed by atoms with E-state index in [2.05, 4.69) is 20.8 Å². The first kappa shape index (κ1) is 14.4. The van der Waals surface area contributed by atoms with E-state index in [4.69, 9.17) is 0 Å². The van der Waals surface area contributed by atoms with Gasteiger partial charge in [0.15, 0.2) is 5.82 Å². The topological polar surface area (TPSA) is 71.8 Å². The lowest BCUT2D eigenvalue weighted by Crippen LogP contribution is -2.40. The fourth-order valence-corrected chi connectivity index (χ4v) is 2.87. The van der Waals surface area contributed by atoms with Gasteiger partial charge in [0, 0.05) is 19.4 Å². The summed E-state index contributed by atoms with van der Waals surface area (Å²) < 4.78 is 28.2. The quantitative estimate of drug-likeness (QED) is 0.858. The highest BCUT2D eigenvalue weighted by Gasteiger charge is 2.42. The smallest absolute Gasteiger partial charge is 0.262 e. The zero-order valence-electron chi connectivity index (χ0n) is 11.7. The van der Waals surface area contributed by atoms with Crippen molar-refractivity contribution in [2.24, 2.45) is 0 Å².